The minimum atomic E-state index is -4.01. The molecule has 4 aromatic rings. The largest absolute Gasteiger partial charge is 0.453 e. The van der Waals surface area contributed by atoms with Crippen LogP contribution in [0.25, 0.3) is 11.1 Å². The average Bonchev–Trinajstić information content (AvgIpc) is 3.49. The molecule has 10 nitrogen and oxygen atoms in total. The standard InChI is InChI=1S/C33H38N4O6S2/c1-22(2)37(45(41,42)28-16-13-26(34)14-17-28)30(21-38)31-18-15-27(44-31)20-36(33(40)43-3)29(32(35)39)19-23-9-11-25(12-10-23)24-7-5-4-6-8-24/h4-18,22,29-30,38H,19-21,34H2,1-3H3,(H2,35,39)/t29-,30+/m0/s1. The quantitative estimate of drug-likeness (QED) is 0.176. The second kappa shape index (κ2) is 14.7. The number of hydrogen-bond acceptors (Lipinski definition) is 8. The third kappa shape index (κ3) is 7.90. The van der Waals surface area contributed by atoms with Crippen molar-refractivity contribution < 1.29 is 27.9 Å². The Balaban J connectivity index is 1.59. The lowest BCUT2D eigenvalue weighted by Crippen LogP contribution is -2.48. The van der Waals surface area contributed by atoms with Crippen LogP contribution in [0.15, 0.2) is 95.9 Å². The minimum Gasteiger partial charge on any atom is -0.453 e. The van der Waals surface area contributed by atoms with Crippen molar-refractivity contribution >= 4 is 39.0 Å². The van der Waals surface area contributed by atoms with Gasteiger partial charge in [-0.15, -0.1) is 11.3 Å². The molecule has 0 aliphatic rings. The maximum atomic E-state index is 13.7. The molecule has 0 saturated carbocycles. The van der Waals surface area contributed by atoms with Crippen LogP contribution in [0.3, 0.4) is 0 Å². The van der Waals surface area contributed by atoms with Gasteiger partial charge in [0.25, 0.3) is 0 Å². The van der Waals surface area contributed by atoms with E-state index in [1.165, 1.54) is 51.9 Å². The minimum absolute atomic E-state index is 0.0163. The molecule has 0 aliphatic carbocycles. The summed E-state index contributed by atoms with van der Waals surface area (Å²) in [4.78, 5) is 28.2. The Labute approximate surface area is 267 Å². The highest BCUT2D eigenvalue weighted by molar-refractivity contribution is 7.89. The van der Waals surface area contributed by atoms with Crippen molar-refractivity contribution in [3.63, 3.8) is 0 Å². The molecule has 0 spiro atoms. The van der Waals surface area contributed by atoms with Crippen LogP contribution in [0, 0.1) is 0 Å². The van der Waals surface area contributed by atoms with Crippen molar-refractivity contribution in [2.45, 2.75) is 49.8 Å². The third-order valence-corrected chi connectivity index (χ3v) is 10.7. The molecule has 1 aromatic heterocycles. The van der Waals surface area contributed by atoms with Crippen molar-refractivity contribution in [2.24, 2.45) is 5.73 Å². The number of nitrogen functional groups attached to an aromatic ring is 1. The molecule has 0 saturated heterocycles. The second-order valence-electron chi connectivity index (χ2n) is 10.8. The number of nitrogens with two attached hydrogens (primary N) is 2. The number of nitrogens with zero attached hydrogens (tertiary/aromatic N) is 2. The zero-order valence-corrected chi connectivity index (χ0v) is 27.0. The Morgan fingerprint density at radius 2 is 1.53 bits per heavy atom. The van der Waals surface area contributed by atoms with E-state index in [0.29, 0.717) is 15.4 Å². The molecule has 0 unspecified atom stereocenters. The summed E-state index contributed by atoms with van der Waals surface area (Å²) < 4.78 is 33.6. The molecule has 45 heavy (non-hydrogen) atoms. The Morgan fingerprint density at radius 3 is 2.09 bits per heavy atom. The fraction of sp³-hybridized carbons (Fsp3) is 0.273. The summed E-state index contributed by atoms with van der Waals surface area (Å²) in [6.45, 7) is 2.97. The molecule has 0 bridgehead atoms. The van der Waals surface area contributed by atoms with E-state index in [0.717, 1.165) is 16.7 Å². The summed E-state index contributed by atoms with van der Waals surface area (Å²) in [7, 11) is -2.78. The van der Waals surface area contributed by atoms with Crippen molar-refractivity contribution in [3.05, 3.63) is 106 Å². The summed E-state index contributed by atoms with van der Waals surface area (Å²) >= 11 is 1.23. The number of carbonyl (C=O) groups is 2. The monoisotopic (exact) mass is 650 g/mol. The zero-order chi connectivity index (χ0) is 32.7. The van der Waals surface area contributed by atoms with Gasteiger partial charge in [0.1, 0.15) is 6.04 Å². The molecule has 4 rings (SSSR count). The topological polar surface area (TPSA) is 156 Å². The summed E-state index contributed by atoms with van der Waals surface area (Å²) in [5.41, 5.74) is 14.9. The number of aliphatic hydroxyl groups excluding tert-OH is 1. The molecule has 0 aliphatic heterocycles. The average molecular weight is 651 g/mol. The fourth-order valence-electron chi connectivity index (χ4n) is 5.16. The lowest BCUT2D eigenvalue weighted by atomic mass is 10.00. The number of primary amides is 1. The highest BCUT2D eigenvalue weighted by Crippen LogP contribution is 2.34. The number of benzene rings is 3. The maximum absolute atomic E-state index is 13.7. The molecule has 3 aromatic carbocycles. The number of hydrogen-bond donors (Lipinski definition) is 3. The van der Waals surface area contributed by atoms with E-state index in [1.54, 1.807) is 26.0 Å². The number of aliphatic hydroxyl groups is 1. The van der Waals surface area contributed by atoms with E-state index in [9.17, 15) is 23.1 Å². The highest BCUT2D eigenvalue weighted by Gasteiger charge is 2.36. The first-order valence-electron chi connectivity index (χ1n) is 14.3. The van der Waals surface area contributed by atoms with Crippen LogP contribution in [0.2, 0.25) is 0 Å². The van der Waals surface area contributed by atoms with Gasteiger partial charge in [0.15, 0.2) is 0 Å². The van der Waals surface area contributed by atoms with Crippen LogP contribution in [0.4, 0.5) is 10.5 Å². The molecule has 2 atom stereocenters. The third-order valence-electron chi connectivity index (χ3n) is 7.39. The first kappa shape index (κ1) is 33.7. The van der Waals surface area contributed by atoms with Gasteiger partial charge in [-0.05, 0) is 66.9 Å². The smallest absolute Gasteiger partial charge is 0.410 e. The van der Waals surface area contributed by atoms with E-state index < -0.39 is 46.8 Å². The van der Waals surface area contributed by atoms with E-state index >= 15 is 0 Å². The van der Waals surface area contributed by atoms with E-state index in [1.807, 2.05) is 54.6 Å². The molecular formula is C33H38N4O6S2. The molecule has 12 heteroatoms. The van der Waals surface area contributed by atoms with Crippen molar-refractivity contribution in [1.82, 2.24) is 9.21 Å². The van der Waals surface area contributed by atoms with Crippen LogP contribution < -0.4 is 11.5 Å². The van der Waals surface area contributed by atoms with Gasteiger partial charge >= 0.3 is 6.09 Å². The van der Waals surface area contributed by atoms with E-state index in [-0.39, 0.29) is 17.9 Å². The summed E-state index contributed by atoms with van der Waals surface area (Å²) in [5.74, 6) is -0.696. The highest BCUT2D eigenvalue weighted by atomic mass is 32.2. The number of ether oxygens (including phenoxy) is 1. The summed E-state index contributed by atoms with van der Waals surface area (Å²) in [6, 6.07) is 24.5. The fourth-order valence-corrected chi connectivity index (χ4v) is 8.12. The van der Waals surface area contributed by atoms with Gasteiger partial charge in [-0.25, -0.2) is 13.2 Å². The molecule has 0 radical (unpaired) electrons. The number of carbonyl (C=O) groups excluding carboxylic acids is 2. The lowest BCUT2D eigenvalue weighted by molar-refractivity contribution is -0.122. The number of thiophene rings is 1. The SMILES string of the molecule is COC(=O)N(Cc1ccc([C@@H](CO)N(C(C)C)S(=O)(=O)c2ccc(N)cc2)s1)[C@@H](Cc1ccc(-c2ccccc2)cc1)C(N)=O. The predicted octanol–water partition coefficient (Wildman–Crippen LogP) is 4.80. The Kier molecular flexibility index (Phi) is 11.0. The molecule has 0 fully saturated rings. The first-order valence-corrected chi connectivity index (χ1v) is 16.6. The zero-order valence-electron chi connectivity index (χ0n) is 25.4. The van der Waals surface area contributed by atoms with Crippen LogP contribution in [0.5, 0.6) is 0 Å². The second-order valence-corrected chi connectivity index (χ2v) is 13.8. The molecule has 5 N–H and O–H groups in total. The van der Waals surface area contributed by atoms with Gasteiger partial charge in [-0.3, -0.25) is 9.69 Å². The van der Waals surface area contributed by atoms with Crippen LogP contribution in [0.1, 0.15) is 35.2 Å². The van der Waals surface area contributed by atoms with Crippen LogP contribution >= 0.6 is 11.3 Å². The van der Waals surface area contributed by atoms with Crippen molar-refractivity contribution in [1.29, 1.82) is 0 Å². The van der Waals surface area contributed by atoms with E-state index in [4.69, 9.17) is 16.2 Å². The number of sulfonamides is 1. The summed E-state index contributed by atoms with van der Waals surface area (Å²) in [6.07, 6.45) is -0.569. The number of methoxy groups -OCH3 is 1. The Bertz CT molecular complexity index is 1690. The molecule has 2 amide bonds. The van der Waals surface area contributed by atoms with Gasteiger partial charge in [0.05, 0.1) is 31.2 Å². The van der Waals surface area contributed by atoms with Gasteiger partial charge in [0, 0.05) is 27.9 Å². The lowest BCUT2D eigenvalue weighted by Gasteiger charge is -2.32. The van der Waals surface area contributed by atoms with Gasteiger partial charge in [0.2, 0.25) is 15.9 Å². The number of rotatable bonds is 13. The maximum Gasteiger partial charge on any atom is 0.410 e. The van der Waals surface area contributed by atoms with Crippen molar-refractivity contribution in [2.75, 3.05) is 19.5 Å². The van der Waals surface area contributed by atoms with Gasteiger partial charge in [-0.2, -0.15) is 4.31 Å². The Morgan fingerprint density at radius 1 is 0.911 bits per heavy atom. The molecule has 1 heterocycles. The first-order chi connectivity index (χ1) is 21.5. The Hall–Kier alpha value is -4.23. The number of anilines is 1. The van der Waals surface area contributed by atoms with E-state index in [2.05, 4.69) is 0 Å². The number of amides is 2. The van der Waals surface area contributed by atoms with Gasteiger partial charge in [-0.1, -0.05) is 54.6 Å². The predicted molar refractivity (Wildman–Crippen MR) is 176 cm³/mol. The molecule has 238 valence electrons. The normalized spacial score (nSPS) is 13.0. The summed E-state index contributed by atoms with van der Waals surface area (Å²) in [5, 5.41) is 10.4. The molecular weight excluding hydrogens is 613 g/mol. The van der Waals surface area contributed by atoms with Crippen LogP contribution in [-0.4, -0.2) is 60.5 Å². The van der Waals surface area contributed by atoms with Crippen LogP contribution in [-0.2, 0) is 32.5 Å². The van der Waals surface area contributed by atoms with Gasteiger partial charge < -0.3 is 21.3 Å². The van der Waals surface area contributed by atoms with Crippen molar-refractivity contribution in [3.8, 4) is 11.1 Å².